The minimum absolute atomic E-state index is 0.424. The molecule has 0 aliphatic carbocycles. The summed E-state index contributed by atoms with van der Waals surface area (Å²) in [7, 11) is 0. The van der Waals surface area contributed by atoms with Crippen LogP contribution in [0, 0.1) is 0 Å². The Morgan fingerprint density at radius 2 is 1.89 bits per heavy atom. The maximum Gasteiger partial charge on any atom is 0.433 e. The second kappa shape index (κ2) is 6.56. The summed E-state index contributed by atoms with van der Waals surface area (Å²) in [5.41, 5.74) is -1.78. The zero-order valence-electron chi connectivity index (χ0n) is 10.3. The molecular weight excluding hydrogens is 245 g/mol. The number of aryl methyl sites for hydroxylation is 1. The minimum atomic E-state index is -4.56. The first-order valence-corrected chi connectivity index (χ1v) is 6.09. The van der Waals surface area contributed by atoms with Crippen molar-refractivity contribution in [2.45, 2.75) is 51.7 Å². The van der Waals surface area contributed by atoms with Crippen LogP contribution in [0.3, 0.4) is 0 Å². The van der Waals surface area contributed by atoms with Gasteiger partial charge in [0, 0.05) is 12.6 Å². The molecule has 1 aromatic rings. The Morgan fingerprint density at radius 1 is 1.22 bits per heavy atom. The van der Waals surface area contributed by atoms with Gasteiger partial charge >= 0.3 is 6.18 Å². The van der Waals surface area contributed by atoms with Crippen LogP contribution in [0.5, 0.6) is 0 Å². The third-order valence-electron chi connectivity index (χ3n) is 2.67. The molecule has 0 aliphatic heterocycles. The van der Waals surface area contributed by atoms with Crippen molar-refractivity contribution in [3.8, 4) is 0 Å². The van der Waals surface area contributed by atoms with Crippen LogP contribution in [0.1, 0.15) is 44.7 Å². The molecule has 18 heavy (non-hydrogen) atoms. The van der Waals surface area contributed by atoms with E-state index in [2.05, 4.69) is 11.9 Å². The van der Waals surface area contributed by atoms with Gasteiger partial charge < -0.3 is 0 Å². The molecule has 0 bridgehead atoms. The predicted octanol–water partition coefficient (Wildman–Crippen LogP) is 3.23. The molecule has 0 aromatic carbocycles. The lowest BCUT2D eigenvalue weighted by molar-refractivity contribution is -0.141. The molecule has 0 spiro atoms. The Hall–Kier alpha value is -1.33. The maximum absolute atomic E-state index is 12.3. The number of alkyl halides is 3. The van der Waals surface area contributed by atoms with E-state index in [9.17, 15) is 18.0 Å². The third kappa shape index (κ3) is 4.50. The van der Waals surface area contributed by atoms with Crippen LogP contribution in [0.2, 0.25) is 0 Å². The van der Waals surface area contributed by atoms with E-state index in [1.807, 2.05) is 0 Å². The molecule has 0 saturated heterocycles. The highest BCUT2D eigenvalue weighted by molar-refractivity contribution is 5.03. The molecule has 0 amide bonds. The topological polar surface area (TPSA) is 34.9 Å². The SMILES string of the molecule is CCCCCCCn1cnc(C(F)(F)F)cc1=O. The Kier molecular flexibility index (Phi) is 5.37. The van der Waals surface area contributed by atoms with E-state index in [4.69, 9.17) is 0 Å². The van der Waals surface area contributed by atoms with Gasteiger partial charge in [0.2, 0.25) is 0 Å². The average Bonchev–Trinajstić information content (AvgIpc) is 2.29. The highest BCUT2D eigenvalue weighted by Crippen LogP contribution is 2.25. The van der Waals surface area contributed by atoms with Gasteiger partial charge in [-0.1, -0.05) is 32.6 Å². The summed E-state index contributed by atoms with van der Waals surface area (Å²) in [6.07, 6.45) is 1.53. The zero-order chi connectivity index (χ0) is 13.6. The normalized spacial score (nSPS) is 11.8. The Balaban J connectivity index is 2.56. The van der Waals surface area contributed by atoms with Gasteiger partial charge in [-0.25, -0.2) is 4.98 Å². The van der Waals surface area contributed by atoms with Crippen molar-refractivity contribution in [3.05, 3.63) is 28.4 Å². The number of rotatable bonds is 6. The lowest BCUT2D eigenvalue weighted by atomic mass is 10.1. The molecule has 1 aromatic heterocycles. The van der Waals surface area contributed by atoms with Gasteiger partial charge in [0.25, 0.3) is 5.56 Å². The first kappa shape index (κ1) is 14.7. The highest BCUT2D eigenvalue weighted by atomic mass is 19.4. The molecule has 0 unspecified atom stereocenters. The molecule has 102 valence electrons. The summed E-state index contributed by atoms with van der Waals surface area (Å²) >= 11 is 0. The van der Waals surface area contributed by atoms with Crippen LogP contribution in [0.15, 0.2) is 17.2 Å². The van der Waals surface area contributed by atoms with Crippen molar-refractivity contribution < 1.29 is 13.2 Å². The fourth-order valence-corrected chi connectivity index (χ4v) is 1.63. The number of hydrogen-bond donors (Lipinski definition) is 0. The standard InChI is InChI=1S/C12H17F3N2O/c1-2-3-4-5-6-7-17-9-16-10(8-11(17)18)12(13,14)15/h8-9H,2-7H2,1H3. The van der Waals surface area contributed by atoms with E-state index in [-0.39, 0.29) is 0 Å². The fraction of sp³-hybridized carbons (Fsp3) is 0.667. The second-order valence-electron chi connectivity index (χ2n) is 4.22. The molecule has 0 aliphatic rings. The fourth-order valence-electron chi connectivity index (χ4n) is 1.63. The summed E-state index contributed by atoms with van der Waals surface area (Å²) in [5.74, 6) is 0. The van der Waals surface area contributed by atoms with Crippen molar-refractivity contribution in [1.82, 2.24) is 9.55 Å². The monoisotopic (exact) mass is 262 g/mol. The van der Waals surface area contributed by atoms with Crippen LogP contribution < -0.4 is 5.56 Å². The number of hydrogen-bond acceptors (Lipinski definition) is 2. The van der Waals surface area contributed by atoms with Gasteiger partial charge in [0.1, 0.15) is 0 Å². The first-order valence-electron chi connectivity index (χ1n) is 6.09. The van der Waals surface area contributed by atoms with Gasteiger partial charge in [-0.3, -0.25) is 9.36 Å². The predicted molar refractivity (Wildman–Crippen MR) is 62.3 cm³/mol. The quantitative estimate of drug-likeness (QED) is 0.738. The lowest BCUT2D eigenvalue weighted by Crippen LogP contribution is -2.23. The third-order valence-corrected chi connectivity index (χ3v) is 2.67. The first-order chi connectivity index (χ1) is 8.45. The van der Waals surface area contributed by atoms with E-state index in [0.29, 0.717) is 12.6 Å². The number of nitrogens with zero attached hydrogens (tertiary/aromatic N) is 2. The highest BCUT2D eigenvalue weighted by Gasteiger charge is 2.32. The van der Waals surface area contributed by atoms with E-state index in [1.54, 1.807) is 0 Å². The van der Waals surface area contributed by atoms with Crippen LogP contribution in [-0.4, -0.2) is 9.55 Å². The molecule has 6 heteroatoms. The van der Waals surface area contributed by atoms with Crippen LogP contribution in [-0.2, 0) is 12.7 Å². The van der Waals surface area contributed by atoms with Crippen LogP contribution in [0.25, 0.3) is 0 Å². The molecule has 0 atom stereocenters. The van der Waals surface area contributed by atoms with Crippen LogP contribution in [0.4, 0.5) is 13.2 Å². The second-order valence-corrected chi connectivity index (χ2v) is 4.22. The molecule has 1 rings (SSSR count). The Bertz CT molecular complexity index is 426. The van der Waals surface area contributed by atoms with Crippen molar-refractivity contribution in [1.29, 1.82) is 0 Å². The van der Waals surface area contributed by atoms with E-state index in [0.717, 1.165) is 38.4 Å². The summed E-state index contributed by atoms with van der Waals surface area (Å²) in [5, 5.41) is 0. The summed E-state index contributed by atoms with van der Waals surface area (Å²) < 4.78 is 38.1. The van der Waals surface area contributed by atoms with E-state index >= 15 is 0 Å². The number of aromatic nitrogens is 2. The van der Waals surface area contributed by atoms with E-state index < -0.39 is 17.4 Å². The van der Waals surface area contributed by atoms with E-state index in [1.165, 1.54) is 4.57 Å². The smallest absolute Gasteiger partial charge is 0.299 e. The summed E-state index contributed by atoms with van der Waals surface area (Å²) in [4.78, 5) is 14.7. The largest absolute Gasteiger partial charge is 0.433 e. The zero-order valence-corrected chi connectivity index (χ0v) is 10.3. The van der Waals surface area contributed by atoms with Gasteiger partial charge in [0.05, 0.1) is 6.33 Å². The van der Waals surface area contributed by atoms with Crippen molar-refractivity contribution >= 4 is 0 Å². The summed E-state index contributed by atoms with van der Waals surface area (Å²) in [6, 6.07) is 0.548. The van der Waals surface area contributed by atoms with Crippen molar-refractivity contribution in [2.75, 3.05) is 0 Å². The maximum atomic E-state index is 12.3. The van der Waals surface area contributed by atoms with Crippen molar-refractivity contribution in [2.24, 2.45) is 0 Å². The van der Waals surface area contributed by atoms with Gasteiger partial charge in [0.15, 0.2) is 5.69 Å². The van der Waals surface area contributed by atoms with Gasteiger partial charge in [-0.15, -0.1) is 0 Å². The summed E-state index contributed by atoms with van der Waals surface area (Å²) in [6.45, 7) is 2.53. The number of unbranched alkanes of at least 4 members (excludes halogenated alkanes) is 4. The molecule has 1 heterocycles. The van der Waals surface area contributed by atoms with Crippen molar-refractivity contribution in [3.63, 3.8) is 0 Å². The number of halogens is 3. The Labute approximate surface area is 104 Å². The molecule has 0 fully saturated rings. The average molecular weight is 262 g/mol. The molecule has 0 saturated carbocycles. The van der Waals surface area contributed by atoms with Gasteiger partial charge in [-0.05, 0) is 6.42 Å². The minimum Gasteiger partial charge on any atom is -0.299 e. The molecule has 0 radical (unpaired) electrons. The molecular formula is C12H17F3N2O. The Morgan fingerprint density at radius 3 is 2.44 bits per heavy atom. The van der Waals surface area contributed by atoms with Crippen LogP contribution >= 0.6 is 0 Å². The lowest BCUT2D eigenvalue weighted by Gasteiger charge is -2.08. The molecule has 3 nitrogen and oxygen atoms in total. The molecule has 0 N–H and O–H groups in total. The van der Waals surface area contributed by atoms with Gasteiger partial charge in [-0.2, -0.15) is 13.2 Å².